The molecule has 1 aliphatic rings. The summed E-state index contributed by atoms with van der Waals surface area (Å²) in [6.45, 7) is 3.06. The van der Waals surface area contributed by atoms with Gasteiger partial charge in [0.1, 0.15) is 0 Å². The molecule has 5 rings (SSSR count). The predicted octanol–water partition coefficient (Wildman–Crippen LogP) is 7.54. The highest BCUT2D eigenvalue weighted by atomic mass is 35.5. The second kappa shape index (κ2) is 6.41. The van der Waals surface area contributed by atoms with E-state index >= 15 is 0 Å². The lowest BCUT2D eigenvalue weighted by Gasteiger charge is -2.13. The van der Waals surface area contributed by atoms with Crippen molar-refractivity contribution in [1.29, 1.82) is 0 Å². The average Bonchev–Trinajstić information content (AvgIpc) is 3.38. The first-order valence-corrected chi connectivity index (χ1v) is 10.2. The minimum absolute atomic E-state index is 0.626. The van der Waals surface area contributed by atoms with Gasteiger partial charge >= 0.3 is 0 Å². The maximum Gasteiger partial charge on any atom is 0.0707 e. The smallest absolute Gasteiger partial charge is 0.0707 e. The van der Waals surface area contributed by atoms with Gasteiger partial charge in [-0.05, 0) is 56.0 Å². The summed E-state index contributed by atoms with van der Waals surface area (Å²) in [5.41, 5.74) is 5.37. The number of pyridine rings is 1. The number of rotatable bonds is 3. The molecule has 0 unspecified atom stereocenters. The zero-order chi connectivity index (χ0) is 18.7. The van der Waals surface area contributed by atoms with Gasteiger partial charge in [0.2, 0.25) is 0 Å². The normalized spacial score (nSPS) is 14.4. The van der Waals surface area contributed by atoms with Crippen molar-refractivity contribution in [3.63, 3.8) is 0 Å². The van der Waals surface area contributed by atoms with Crippen molar-refractivity contribution in [2.75, 3.05) is 0 Å². The summed E-state index contributed by atoms with van der Waals surface area (Å²) in [6, 6.07) is 11.8. The Kier molecular flexibility index (Phi) is 4.12. The SMILES string of the molecule is Cc1nccc2c3cc(Cl)cc(-c4ccc(Cl)cc4Cl)c3n(CC3CC3)c12. The average molecular weight is 416 g/mol. The van der Waals surface area contributed by atoms with Crippen molar-refractivity contribution in [3.8, 4) is 11.1 Å². The molecule has 0 bridgehead atoms. The van der Waals surface area contributed by atoms with Gasteiger partial charge in [-0.15, -0.1) is 0 Å². The molecule has 1 saturated carbocycles. The van der Waals surface area contributed by atoms with Crippen molar-refractivity contribution in [2.24, 2.45) is 5.92 Å². The number of hydrogen-bond donors (Lipinski definition) is 0. The van der Waals surface area contributed by atoms with Gasteiger partial charge in [0.25, 0.3) is 0 Å². The van der Waals surface area contributed by atoms with E-state index in [1.54, 1.807) is 6.07 Å². The number of hydrogen-bond acceptors (Lipinski definition) is 1. The number of aryl methyl sites for hydroxylation is 1. The standard InChI is InChI=1S/C22H17Cl3N2/c1-12-21-17(6-7-26-12)19-9-15(24)8-18(16-5-4-14(23)10-20(16)25)22(19)27(21)11-13-2-3-13/h4-10,13H,2-3,11H2,1H3. The molecule has 0 aliphatic heterocycles. The third kappa shape index (κ3) is 2.91. The van der Waals surface area contributed by atoms with Crippen LogP contribution in [0, 0.1) is 12.8 Å². The van der Waals surface area contributed by atoms with E-state index in [1.165, 1.54) is 29.3 Å². The fourth-order valence-electron chi connectivity index (χ4n) is 3.98. The summed E-state index contributed by atoms with van der Waals surface area (Å²) in [6.07, 6.45) is 4.44. The van der Waals surface area contributed by atoms with Crippen LogP contribution >= 0.6 is 34.8 Å². The molecule has 5 heteroatoms. The number of nitrogens with zero attached hydrogens (tertiary/aromatic N) is 2. The molecule has 0 atom stereocenters. The molecule has 136 valence electrons. The Balaban J connectivity index is 1.93. The Morgan fingerprint density at radius 2 is 1.74 bits per heavy atom. The van der Waals surface area contributed by atoms with Crippen LogP contribution in [-0.2, 0) is 6.54 Å². The molecule has 2 heterocycles. The lowest BCUT2D eigenvalue weighted by molar-refractivity contribution is 0.662. The lowest BCUT2D eigenvalue weighted by Crippen LogP contribution is -2.02. The predicted molar refractivity (Wildman–Crippen MR) is 115 cm³/mol. The molecule has 4 aromatic rings. The third-order valence-corrected chi connectivity index (χ3v) is 6.14. The molecular weight excluding hydrogens is 399 g/mol. The molecule has 2 nitrogen and oxygen atoms in total. The highest BCUT2D eigenvalue weighted by molar-refractivity contribution is 6.37. The third-order valence-electron chi connectivity index (χ3n) is 5.37. The van der Waals surface area contributed by atoms with E-state index in [0.29, 0.717) is 15.1 Å². The van der Waals surface area contributed by atoms with Crippen LogP contribution in [0.1, 0.15) is 18.5 Å². The molecule has 0 N–H and O–H groups in total. The number of halogens is 3. The minimum Gasteiger partial charge on any atom is -0.338 e. The maximum atomic E-state index is 6.57. The van der Waals surface area contributed by atoms with Crippen molar-refractivity contribution >= 4 is 56.6 Å². The monoisotopic (exact) mass is 414 g/mol. The van der Waals surface area contributed by atoms with Crippen LogP contribution in [0.2, 0.25) is 15.1 Å². The first-order valence-electron chi connectivity index (χ1n) is 9.05. The Hall–Kier alpha value is -1.74. The van der Waals surface area contributed by atoms with E-state index in [1.807, 2.05) is 24.4 Å². The van der Waals surface area contributed by atoms with Gasteiger partial charge in [0.05, 0.1) is 16.7 Å². The summed E-state index contributed by atoms with van der Waals surface area (Å²) in [5.74, 6) is 0.729. The molecule has 27 heavy (non-hydrogen) atoms. The molecule has 2 aromatic carbocycles. The minimum atomic E-state index is 0.626. The van der Waals surface area contributed by atoms with Crippen LogP contribution in [0.15, 0.2) is 42.6 Å². The fourth-order valence-corrected chi connectivity index (χ4v) is 4.71. The number of fused-ring (bicyclic) bond motifs is 3. The zero-order valence-electron chi connectivity index (χ0n) is 14.8. The summed E-state index contributed by atoms with van der Waals surface area (Å²) in [4.78, 5) is 4.55. The van der Waals surface area contributed by atoms with Crippen molar-refractivity contribution in [3.05, 3.63) is 63.4 Å². The highest BCUT2D eigenvalue weighted by Crippen LogP contribution is 2.43. The second-order valence-corrected chi connectivity index (χ2v) is 8.60. The lowest BCUT2D eigenvalue weighted by atomic mass is 10.0. The summed E-state index contributed by atoms with van der Waals surface area (Å²) >= 11 is 19.2. The van der Waals surface area contributed by atoms with Crippen LogP contribution in [0.25, 0.3) is 32.9 Å². The molecule has 0 spiro atoms. The Morgan fingerprint density at radius 3 is 2.48 bits per heavy atom. The molecule has 0 saturated heterocycles. The van der Waals surface area contributed by atoms with Gasteiger partial charge < -0.3 is 4.57 Å². The van der Waals surface area contributed by atoms with Crippen molar-refractivity contribution in [1.82, 2.24) is 9.55 Å². The Labute approximate surface area is 172 Å². The van der Waals surface area contributed by atoms with Crippen LogP contribution in [0.5, 0.6) is 0 Å². The molecule has 1 aliphatic carbocycles. The van der Waals surface area contributed by atoms with Crippen LogP contribution in [0.3, 0.4) is 0 Å². The first kappa shape index (κ1) is 17.4. The van der Waals surface area contributed by atoms with E-state index < -0.39 is 0 Å². The molecule has 2 aromatic heterocycles. The first-order chi connectivity index (χ1) is 13.0. The van der Waals surface area contributed by atoms with Gasteiger partial charge in [-0.3, -0.25) is 4.98 Å². The molecule has 0 amide bonds. The van der Waals surface area contributed by atoms with Crippen LogP contribution in [0.4, 0.5) is 0 Å². The van der Waals surface area contributed by atoms with Gasteiger partial charge in [-0.25, -0.2) is 0 Å². The maximum absolute atomic E-state index is 6.57. The van der Waals surface area contributed by atoms with Gasteiger partial charge in [-0.2, -0.15) is 0 Å². The molecular formula is C22H17Cl3N2. The summed E-state index contributed by atoms with van der Waals surface area (Å²) in [7, 11) is 0. The van der Waals surface area contributed by atoms with Crippen molar-refractivity contribution < 1.29 is 0 Å². The van der Waals surface area contributed by atoms with Crippen LogP contribution in [-0.4, -0.2) is 9.55 Å². The van der Waals surface area contributed by atoms with E-state index in [9.17, 15) is 0 Å². The Bertz CT molecular complexity index is 1210. The van der Waals surface area contributed by atoms with Gasteiger partial charge in [-0.1, -0.05) is 40.9 Å². The van der Waals surface area contributed by atoms with E-state index in [4.69, 9.17) is 34.8 Å². The number of benzene rings is 2. The topological polar surface area (TPSA) is 17.8 Å². The van der Waals surface area contributed by atoms with Gasteiger partial charge in [0, 0.05) is 49.7 Å². The zero-order valence-corrected chi connectivity index (χ0v) is 17.0. The largest absolute Gasteiger partial charge is 0.338 e. The summed E-state index contributed by atoms with van der Waals surface area (Å²) < 4.78 is 2.42. The summed E-state index contributed by atoms with van der Waals surface area (Å²) in [5, 5.41) is 4.28. The highest BCUT2D eigenvalue weighted by Gasteiger charge is 2.26. The van der Waals surface area contributed by atoms with Crippen LogP contribution < -0.4 is 0 Å². The van der Waals surface area contributed by atoms with Crippen molar-refractivity contribution in [2.45, 2.75) is 26.3 Å². The second-order valence-electron chi connectivity index (χ2n) is 7.32. The van der Waals surface area contributed by atoms with E-state index in [-0.39, 0.29) is 0 Å². The quantitative estimate of drug-likeness (QED) is 0.338. The van der Waals surface area contributed by atoms with E-state index in [2.05, 4.69) is 28.6 Å². The van der Waals surface area contributed by atoms with E-state index in [0.717, 1.165) is 34.7 Å². The molecule has 1 fully saturated rings. The number of aromatic nitrogens is 2. The fraction of sp³-hybridized carbons (Fsp3) is 0.227. The van der Waals surface area contributed by atoms with Gasteiger partial charge in [0.15, 0.2) is 0 Å². The Morgan fingerprint density at radius 1 is 0.926 bits per heavy atom. The molecule has 0 radical (unpaired) electrons.